The first-order valence-electron chi connectivity index (χ1n) is 10.0. The van der Waals surface area contributed by atoms with Crippen LogP contribution in [0.5, 0.6) is 0 Å². The Balaban J connectivity index is 1.40. The number of aliphatic hydroxyl groups excluding tert-OH is 1. The topological polar surface area (TPSA) is 62.3 Å². The predicted octanol–water partition coefficient (Wildman–Crippen LogP) is 2.48. The van der Waals surface area contributed by atoms with Crippen LogP contribution in [0, 0.1) is 0 Å². The minimum absolute atomic E-state index is 0.0791. The number of unbranched alkanes of at least 4 members (excludes halogenated alkanes) is 1. The molecule has 1 aromatic rings. The first-order chi connectivity index (χ1) is 12.7. The standard InChI is InChI=1S/C21H29NO4/c1-2-3-11-22-17-10-9-15(12-18(22)20-19(17)26-20)25-21(24)16(13-23)14-7-5-4-6-8-14/h4-8,15-20,23H,2-3,9-13H2,1H3/t15-,16-,17+,18-,19-,20+/m1/s1. The van der Waals surface area contributed by atoms with Crippen molar-refractivity contribution in [1.29, 1.82) is 0 Å². The Morgan fingerprint density at radius 1 is 1.27 bits per heavy atom. The highest BCUT2D eigenvalue weighted by molar-refractivity contribution is 5.78. The molecule has 4 rings (SSSR count). The van der Waals surface area contributed by atoms with Crippen LogP contribution in [-0.2, 0) is 14.3 Å². The monoisotopic (exact) mass is 359 g/mol. The SMILES string of the molecule is CCCCN1[C@@H]2C[C@H](OC(=O)[C@H](CO)c3ccccc3)CC[C@H]1[C@H]1O[C@H]12. The van der Waals surface area contributed by atoms with Gasteiger partial charge in [0, 0.05) is 18.5 Å². The molecular weight excluding hydrogens is 330 g/mol. The fraction of sp³-hybridized carbons (Fsp3) is 0.667. The maximum absolute atomic E-state index is 12.7. The van der Waals surface area contributed by atoms with E-state index in [-0.39, 0.29) is 18.7 Å². The third-order valence-electron chi connectivity index (χ3n) is 6.18. The maximum atomic E-state index is 12.7. The van der Waals surface area contributed by atoms with Crippen molar-refractivity contribution in [2.45, 2.75) is 75.3 Å². The van der Waals surface area contributed by atoms with Crippen LogP contribution in [0.4, 0.5) is 0 Å². The Morgan fingerprint density at radius 3 is 2.77 bits per heavy atom. The Labute approximate surface area is 155 Å². The fourth-order valence-electron chi connectivity index (χ4n) is 4.75. The van der Waals surface area contributed by atoms with E-state index in [2.05, 4.69) is 11.8 Å². The molecule has 3 fully saturated rings. The number of epoxide rings is 1. The average molecular weight is 359 g/mol. The van der Waals surface area contributed by atoms with Crippen molar-refractivity contribution in [3.8, 4) is 0 Å². The quantitative estimate of drug-likeness (QED) is 0.599. The molecule has 0 radical (unpaired) electrons. The molecule has 3 saturated heterocycles. The molecule has 6 atom stereocenters. The van der Waals surface area contributed by atoms with Crippen molar-refractivity contribution in [2.24, 2.45) is 0 Å². The van der Waals surface area contributed by atoms with Gasteiger partial charge in [0.1, 0.15) is 24.2 Å². The first-order valence-corrected chi connectivity index (χ1v) is 10.0. The molecule has 0 saturated carbocycles. The highest BCUT2D eigenvalue weighted by Crippen LogP contribution is 2.47. The lowest BCUT2D eigenvalue weighted by atomic mass is 9.97. The second kappa shape index (κ2) is 7.67. The summed E-state index contributed by atoms with van der Waals surface area (Å²) in [5.74, 6) is -0.910. The third-order valence-corrected chi connectivity index (χ3v) is 6.18. The van der Waals surface area contributed by atoms with Crippen molar-refractivity contribution in [1.82, 2.24) is 4.90 Å². The van der Waals surface area contributed by atoms with Gasteiger partial charge in [-0.25, -0.2) is 0 Å². The Kier molecular flexibility index (Phi) is 5.30. The molecule has 1 N–H and O–H groups in total. The van der Waals surface area contributed by atoms with Crippen molar-refractivity contribution in [3.05, 3.63) is 35.9 Å². The number of fused-ring (bicyclic) bond motifs is 5. The molecule has 5 heteroatoms. The molecule has 0 spiro atoms. The number of carbonyl (C=O) groups is 1. The number of aliphatic hydroxyl groups is 1. The van der Waals surface area contributed by atoms with Crippen LogP contribution in [-0.4, -0.2) is 59.5 Å². The summed E-state index contributed by atoms with van der Waals surface area (Å²) in [5, 5.41) is 9.70. The molecule has 142 valence electrons. The van der Waals surface area contributed by atoms with E-state index in [0.29, 0.717) is 24.3 Å². The molecule has 0 unspecified atom stereocenters. The van der Waals surface area contributed by atoms with Crippen LogP contribution < -0.4 is 0 Å². The molecule has 1 aromatic carbocycles. The van der Waals surface area contributed by atoms with Gasteiger partial charge in [-0.3, -0.25) is 9.69 Å². The van der Waals surface area contributed by atoms with Gasteiger partial charge in [0.05, 0.1) is 6.61 Å². The maximum Gasteiger partial charge on any atom is 0.316 e. The van der Waals surface area contributed by atoms with Crippen LogP contribution in [0.3, 0.4) is 0 Å². The van der Waals surface area contributed by atoms with E-state index < -0.39 is 5.92 Å². The zero-order valence-corrected chi connectivity index (χ0v) is 15.4. The molecule has 3 aliphatic heterocycles. The normalized spacial score (nSPS) is 34.0. The minimum Gasteiger partial charge on any atom is -0.462 e. The van der Waals surface area contributed by atoms with Gasteiger partial charge < -0.3 is 14.6 Å². The van der Waals surface area contributed by atoms with Crippen LogP contribution in [0.25, 0.3) is 0 Å². The van der Waals surface area contributed by atoms with Gasteiger partial charge in [-0.1, -0.05) is 43.7 Å². The number of benzene rings is 1. The van der Waals surface area contributed by atoms with Crippen molar-refractivity contribution >= 4 is 5.97 Å². The molecule has 0 amide bonds. The van der Waals surface area contributed by atoms with E-state index in [0.717, 1.165) is 31.4 Å². The first kappa shape index (κ1) is 18.0. The number of hydrogen-bond donors (Lipinski definition) is 1. The molecule has 5 nitrogen and oxygen atoms in total. The summed E-state index contributed by atoms with van der Waals surface area (Å²) < 4.78 is 11.7. The van der Waals surface area contributed by atoms with Crippen LogP contribution in [0.2, 0.25) is 0 Å². The van der Waals surface area contributed by atoms with Gasteiger partial charge in [-0.15, -0.1) is 0 Å². The highest BCUT2D eigenvalue weighted by Gasteiger charge is 2.61. The molecule has 0 aromatic heterocycles. The Bertz CT molecular complexity index is 622. The smallest absolute Gasteiger partial charge is 0.316 e. The number of esters is 1. The lowest BCUT2D eigenvalue weighted by Gasteiger charge is -2.30. The zero-order chi connectivity index (χ0) is 18.1. The van der Waals surface area contributed by atoms with E-state index in [9.17, 15) is 9.90 Å². The summed E-state index contributed by atoms with van der Waals surface area (Å²) in [6, 6.07) is 10.3. The summed E-state index contributed by atoms with van der Waals surface area (Å²) in [5.41, 5.74) is 0.810. The van der Waals surface area contributed by atoms with Crippen LogP contribution in [0.15, 0.2) is 30.3 Å². The van der Waals surface area contributed by atoms with Gasteiger partial charge in [-0.05, 0) is 31.4 Å². The lowest BCUT2D eigenvalue weighted by molar-refractivity contribution is -0.153. The number of ether oxygens (including phenoxy) is 2. The molecule has 3 heterocycles. The summed E-state index contributed by atoms with van der Waals surface area (Å²) in [6.07, 6.45) is 5.81. The van der Waals surface area contributed by atoms with Gasteiger partial charge in [0.25, 0.3) is 0 Å². The molecule has 26 heavy (non-hydrogen) atoms. The zero-order valence-electron chi connectivity index (χ0n) is 15.4. The van der Waals surface area contributed by atoms with E-state index >= 15 is 0 Å². The molecular formula is C21H29NO4. The van der Waals surface area contributed by atoms with E-state index in [1.165, 1.54) is 12.8 Å². The summed E-state index contributed by atoms with van der Waals surface area (Å²) in [4.78, 5) is 15.3. The number of nitrogens with zero attached hydrogens (tertiary/aromatic N) is 1. The summed E-state index contributed by atoms with van der Waals surface area (Å²) in [7, 11) is 0. The number of hydrogen-bond acceptors (Lipinski definition) is 5. The van der Waals surface area contributed by atoms with Crippen LogP contribution in [0.1, 0.15) is 50.5 Å². The van der Waals surface area contributed by atoms with E-state index in [1.807, 2.05) is 30.3 Å². The molecule has 2 bridgehead atoms. The number of rotatable bonds is 7. The van der Waals surface area contributed by atoms with Crippen molar-refractivity contribution in [2.75, 3.05) is 13.2 Å². The van der Waals surface area contributed by atoms with Gasteiger partial charge in [0.2, 0.25) is 0 Å². The Morgan fingerprint density at radius 2 is 2.04 bits per heavy atom. The Hall–Kier alpha value is -1.43. The van der Waals surface area contributed by atoms with Crippen LogP contribution >= 0.6 is 0 Å². The fourth-order valence-corrected chi connectivity index (χ4v) is 4.75. The van der Waals surface area contributed by atoms with E-state index in [4.69, 9.17) is 9.47 Å². The second-order valence-electron chi connectivity index (χ2n) is 7.81. The minimum atomic E-state index is -0.599. The highest BCUT2D eigenvalue weighted by atomic mass is 16.6. The van der Waals surface area contributed by atoms with E-state index in [1.54, 1.807) is 0 Å². The summed E-state index contributed by atoms with van der Waals surface area (Å²) in [6.45, 7) is 3.12. The van der Waals surface area contributed by atoms with Gasteiger partial charge in [-0.2, -0.15) is 0 Å². The predicted molar refractivity (Wildman–Crippen MR) is 97.9 cm³/mol. The van der Waals surface area contributed by atoms with Crippen molar-refractivity contribution < 1.29 is 19.4 Å². The van der Waals surface area contributed by atoms with Gasteiger partial charge in [0.15, 0.2) is 0 Å². The number of morpholine rings is 1. The third kappa shape index (κ3) is 3.40. The lowest BCUT2D eigenvalue weighted by Crippen LogP contribution is -2.41. The average Bonchev–Trinajstić information content (AvgIpc) is 3.39. The number of carbonyl (C=O) groups excluding carboxylic acids is 1. The van der Waals surface area contributed by atoms with Crippen molar-refractivity contribution in [3.63, 3.8) is 0 Å². The van der Waals surface area contributed by atoms with Gasteiger partial charge >= 0.3 is 5.97 Å². The second-order valence-corrected chi connectivity index (χ2v) is 7.81. The summed E-state index contributed by atoms with van der Waals surface area (Å²) >= 11 is 0. The molecule has 0 aliphatic carbocycles. The molecule has 3 aliphatic rings. The largest absolute Gasteiger partial charge is 0.462 e.